The van der Waals surface area contributed by atoms with Crippen molar-refractivity contribution in [3.63, 3.8) is 0 Å². The minimum atomic E-state index is -0.0560. The highest BCUT2D eigenvalue weighted by Gasteiger charge is 2.15. The third-order valence-electron chi connectivity index (χ3n) is 3.31. The largest absolute Gasteiger partial charge is 0.396 e. The van der Waals surface area contributed by atoms with E-state index in [4.69, 9.17) is 5.11 Å². The molecule has 2 rings (SSSR count). The van der Waals surface area contributed by atoms with Gasteiger partial charge < -0.3 is 15.3 Å². The SMILES string of the molecule is CN1CCCc2cc(C(=O)NCCCO)ccc21. The zero-order chi connectivity index (χ0) is 13.0. The molecule has 0 saturated heterocycles. The maximum atomic E-state index is 11.9. The predicted molar refractivity (Wildman–Crippen MR) is 72.1 cm³/mol. The molecule has 0 spiro atoms. The van der Waals surface area contributed by atoms with Gasteiger partial charge in [-0.3, -0.25) is 4.79 Å². The number of aliphatic hydroxyl groups is 1. The highest BCUT2D eigenvalue weighted by atomic mass is 16.3. The molecule has 4 nitrogen and oxygen atoms in total. The number of nitrogens with one attached hydrogen (secondary N) is 1. The third-order valence-corrected chi connectivity index (χ3v) is 3.31. The Kier molecular flexibility index (Phi) is 4.20. The van der Waals surface area contributed by atoms with Gasteiger partial charge in [0.2, 0.25) is 0 Å². The van der Waals surface area contributed by atoms with Crippen LogP contribution in [-0.4, -0.2) is 37.8 Å². The lowest BCUT2D eigenvalue weighted by Crippen LogP contribution is -2.27. The summed E-state index contributed by atoms with van der Waals surface area (Å²) in [6.45, 7) is 1.70. The first-order valence-corrected chi connectivity index (χ1v) is 6.45. The zero-order valence-electron chi connectivity index (χ0n) is 10.8. The van der Waals surface area contributed by atoms with Gasteiger partial charge in [-0.2, -0.15) is 0 Å². The Morgan fingerprint density at radius 2 is 2.33 bits per heavy atom. The van der Waals surface area contributed by atoms with Gasteiger partial charge in [-0.1, -0.05) is 0 Å². The van der Waals surface area contributed by atoms with Crippen LogP contribution in [0.3, 0.4) is 0 Å². The van der Waals surface area contributed by atoms with Crippen molar-refractivity contribution in [2.24, 2.45) is 0 Å². The first-order chi connectivity index (χ1) is 8.72. The Balaban J connectivity index is 2.08. The van der Waals surface area contributed by atoms with Gasteiger partial charge in [0, 0.05) is 38.0 Å². The summed E-state index contributed by atoms with van der Waals surface area (Å²) in [5, 5.41) is 11.5. The summed E-state index contributed by atoms with van der Waals surface area (Å²) in [5.41, 5.74) is 3.19. The van der Waals surface area contributed by atoms with Gasteiger partial charge in [-0.05, 0) is 43.0 Å². The Hall–Kier alpha value is -1.55. The highest BCUT2D eigenvalue weighted by Crippen LogP contribution is 2.26. The highest BCUT2D eigenvalue weighted by molar-refractivity contribution is 5.95. The van der Waals surface area contributed by atoms with Crippen LogP contribution in [0, 0.1) is 0 Å². The van der Waals surface area contributed by atoms with Gasteiger partial charge in [0.15, 0.2) is 0 Å². The molecule has 98 valence electrons. The fourth-order valence-electron chi connectivity index (χ4n) is 2.31. The second-order valence-corrected chi connectivity index (χ2v) is 4.70. The van der Waals surface area contributed by atoms with E-state index in [2.05, 4.69) is 17.3 Å². The van der Waals surface area contributed by atoms with Gasteiger partial charge in [0.05, 0.1) is 0 Å². The van der Waals surface area contributed by atoms with Crippen molar-refractivity contribution in [3.05, 3.63) is 29.3 Å². The first kappa shape index (κ1) is 12.9. The lowest BCUT2D eigenvalue weighted by atomic mass is 9.99. The van der Waals surface area contributed by atoms with E-state index in [1.54, 1.807) is 0 Å². The standard InChI is InChI=1S/C14H20N2O2/c1-16-8-2-4-11-10-12(5-6-13(11)16)14(18)15-7-3-9-17/h5-6,10,17H,2-4,7-9H2,1H3,(H,15,18). The van der Waals surface area contributed by atoms with Crippen molar-refractivity contribution in [1.82, 2.24) is 5.32 Å². The number of benzene rings is 1. The molecule has 1 aromatic rings. The Labute approximate surface area is 108 Å². The van der Waals surface area contributed by atoms with Crippen molar-refractivity contribution >= 4 is 11.6 Å². The molecule has 2 N–H and O–H groups in total. The minimum absolute atomic E-state index is 0.0560. The Bertz CT molecular complexity index is 432. The number of carbonyl (C=O) groups excluding carboxylic acids is 1. The lowest BCUT2D eigenvalue weighted by Gasteiger charge is -2.27. The predicted octanol–water partition coefficient (Wildman–Crippen LogP) is 1.18. The quantitative estimate of drug-likeness (QED) is 0.787. The van der Waals surface area contributed by atoms with Crippen LogP contribution >= 0.6 is 0 Å². The monoisotopic (exact) mass is 248 g/mol. The number of aliphatic hydroxyl groups excluding tert-OH is 1. The van der Waals surface area contributed by atoms with Crippen LogP contribution in [0.2, 0.25) is 0 Å². The number of rotatable bonds is 4. The summed E-state index contributed by atoms with van der Waals surface area (Å²) in [5.74, 6) is -0.0560. The summed E-state index contributed by atoms with van der Waals surface area (Å²) >= 11 is 0. The van der Waals surface area contributed by atoms with Crippen LogP contribution in [0.1, 0.15) is 28.8 Å². The van der Waals surface area contributed by atoms with E-state index in [9.17, 15) is 4.79 Å². The first-order valence-electron chi connectivity index (χ1n) is 6.45. The summed E-state index contributed by atoms with van der Waals surface area (Å²) < 4.78 is 0. The smallest absolute Gasteiger partial charge is 0.251 e. The van der Waals surface area contributed by atoms with E-state index in [1.165, 1.54) is 11.3 Å². The van der Waals surface area contributed by atoms with Gasteiger partial charge >= 0.3 is 0 Å². The van der Waals surface area contributed by atoms with Gasteiger partial charge in [0.25, 0.3) is 5.91 Å². The second kappa shape index (κ2) is 5.87. The van der Waals surface area contributed by atoms with E-state index in [-0.39, 0.29) is 12.5 Å². The molecule has 0 saturated carbocycles. The Morgan fingerprint density at radius 1 is 1.50 bits per heavy atom. The molecule has 18 heavy (non-hydrogen) atoms. The average molecular weight is 248 g/mol. The molecule has 1 aliphatic heterocycles. The number of anilines is 1. The molecule has 0 atom stereocenters. The van der Waals surface area contributed by atoms with Gasteiger partial charge in [0.1, 0.15) is 0 Å². The molecule has 0 bridgehead atoms. The molecule has 1 aliphatic rings. The molecular formula is C14H20N2O2. The van der Waals surface area contributed by atoms with Crippen LogP contribution < -0.4 is 10.2 Å². The number of fused-ring (bicyclic) bond motifs is 1. The van der Waals surface area contributed by atoms with E-state index in [0.29, 0.717) is 18.5 Å². The number of hydrogen-bond donors (Lipinski definition) is 2. The van der Waals surface area contributed by atoms with Gasteiger partial charge in [-0.25, -0.2) is 0 Å². The number of hydrogen-bond acceptors (Lipinski definition) is 3. The number of aryl methyl sites for hydroxylation is 1. The van der Waals surface area contributed by atoms with Crippen LogP contribution in [-0.2, 0) is 6.42 Å². The maximum Gasteiger partial charge on any atom is 0.251 e. The molecule has 4 heteroatoms. The fraction of sp³-hybridized carbons (Fsp3) is 0.500. The van der Waals surface area contributed by atoms with E-state index < -0.39 is 0 Å². The van der Waals surface area contributed by atoms with Crippen molar-refractivity contribution in [3.8, 4) is 0 Å². The van der Waals surface area contributed by atoms with Crippen LogP contribution in [0.15, 0.2) is 18.2 Å². The summed E-state index contributed by atoms with van der Waals surface area (Å²) in [6.07, 6.45) is 2.77. The van der Waals surface area contributed by atoms with E-state index >= 15 is 0 Å². The molecule has 1 amide bonds. The lowest BCUT2D eigenvalue weighted by molar-refractivity contribution is 0.0951. The second-order valence-electron chi connectivity index (χ2n) is 4.70. The fourth-order valence-corrected chi connectivity index (χ4v) is 2.31. The van der Waals surface area contributed by atoms with E-state index in [1.807, 2.05) is 18.2 Å². The third kappa shape index (κ3) is 2.82. The normalized spacial score (nSPS) is 14.2. The van der Waals surface area contributed by atoms with Crippen LogP contribution in [0.4, 0.5) is 5.69 Å². The molecule has 0 unspecified atom stereocenters. The minimum Gasteiger partial charge on any atom is -0.396 e. The van der Waals surface area contributed by atoms with Crippen molar-refractivity contribution in [2.75, 3.05) is 31.6 Å². The summed E-state index contributed by atoms with van der Waals surface area (Å²) in [7, 11) is 2.08. The van der Waals surface area contributed by atoms with E-state index in [0.717, 1.165) is 19.4 Å². The van der Waals surface area contributed by atoms with Crippen LogP contribution in [0.25, 0.3) is 0 Å². The summed E-state index contributed by atoms with van der Waals surface area (Å²) in [6, 6.07) is 5.88. The Morgan fingerprint density at radius 3 is 3.11 bits per heavy atom. The zero-order valence-corrected chi connectivity index (χ0v) is 10.8. The van der Waals surface area contributed by atoms with Crippen molar-refractivity contribution in [2.45, 2.75) is 19.3 Å². The average Bonchev–Trinajstić information content (AvgIpc) is 2.39. The molecular weight excluding hydrogens is 228 g/mol. The molecule has 1 heterocycles. The van der Waals surface area contributed by atoms with Gasteiger partial charge in [-0.15, -0.1) is 0 Å². The molecule has 0 aliphatic carbocycles. The number of amides is 1. The van der Waals surface area contributed by atoms with Crippen molar-refractivity contribution < 1.29 is 9.90 Å². The maximum absolute atomic E-state index is 11.9. The van der Waals surface area contributed by atoms with Crippen LogP contribution in [0.5, 0.6) is 0 Å². The van der Waals surface area contributed by atoms with Crippen molar-refractivity contribution in [1.29, 1.82) is 0 Å². The molecule has 1 aromatic carbocycles. The molecule has 0 aromatic heterocycles. The number of carbonyl (C=O) groups is 1. The topological polar surface area (TPSA) is 52.6 Å². The molecule has 0 radical (unpaired) electrons. The number of nitrogens with zero attached hydrogens (tertiary/aromatic N) is 1. The molecule has 0 fully saturated rings. The summed E-state index contributed by atoms with van der Waals surface area (Å²) in [4.78, 5) is 14.1.